The minimum Gasteiger partial charge on any atom is -0.492 e. The Bertz CT molecular complexity index is 755. The van der Waals surface area contributed by atoms with E-state index in [0.717, 1.165) is 24.6 Å². The number of hydrogen-bond donors (Lipinski definition) is 2. The lowest BCUT2D eigenvalue weighted by atomic mass is 10.0. The van der Waals surface area contributed by atoms with E-state index in [2.05, 4.69) is 15.3 Å². The molecule has 0 fully saturated rings. The summed E-state index contributed by atoms with van der Waals surface area (Å²) in [4.78, 5) is 18.1. The summed E-state index contributed by atoms with van der Waals surface area (Å²) >= 11 is 6.18. The molecule has 1 aromatic heterocycles. The maximum atomic E-state index is 10.8. The lowest BCUT2D eigenvalue weighted by Gasteiger charge is -2.18. The summed E-state index contributed by atoms with van der Waals surface area (Å²) in [7, 11) is 0. The number of nitrogens with two attached hydrogens (primary N) is 1. The largest absolute Gasteiger partial charge is 0.492 e. The van der Waals surface area contributed by atoms with E-state index >= 15 is 0 Å². The Kier molecular flexibility index (Phi) is 4.16. The Morgan fingerprint density at radius 3 is 3.04 bits per heavy atom. The Labute approximate surface area is 136 Å². The summed E-state index contributed by atoms with van der Waals surface area (Å²) in [6.07, 6.45) is 2.70. The molecule has 1 unspecified atom stereocenters. The molecular weight excluding hydrogens is 322 g/mol. The fourth-order valence-electron chi connectivity index (χ4n) is 2.47. The fraction of sp³-hybridized carbons (Fsp3) is 0.286. The fourth-order valence-corrected chi connectivity index (χ4v) is 2.71. The number of anilines is 2. The molecule has 0 spiro atoms. The number of fused-ring (bicyclic) bond motifs is 1. The molecule has 1 atom stereocenters. The van der Waals surface area contributed by atoms with E-state index in [1.807, 2.05) is 12.1 Å². The second-order valence-corrected chi connectivity index (χ2v) is 5.47. The number of ether oxygens (including phenoxy) is 1. The second-order valence-electron chi connectivity index (χ2n) is 5.07. The number of para-hydroxylation sites is 1. The molecule has 0 saturated carbocycles. The van der Waals surface area contributed by atoms with Crippen LogP contribution in [0.5, 0.6) is 5.75 Å². The maximum absolute atomic E-state index is 10.8. The molecule has 1 aliphatic rings. The number of rotatable bonds is 3. The SMILES string of the molecule is Nc1nc(NC2CCCOc3c(Cl)cccc32)ncc1[N+](=O)[O-]. The van der Waals surface area contributed by atoms with Gasteiger partial charge in [-0.2, -0.15) is 4.98 Å². The number of nitrogen functional groups attached to an aromatic ring is 1. The highest BCUT2D eigenvalue weighted by Crippen LogP contribution is 2.38. The van der Waals surface area contributed by atoms with E-state index < -0.39 is 4.92 Å². The maximum Gasteiger partial charge on any atom is 0.329 e. The highest BCUT2D eigenvalue weighted by molar-refractivity contribution is 6.32. The van der Waals surface area contributed by atoms with E-state index in [9.17, 15) is 10.1 Å². The van der Waals surface area contributed by atoms with Gasteiger partial charge in [0.05, 0.1) is 22.6 Å². The molecule has 2 heterocycles. The van der Waals surface area contributed by atoms with Crippen molar-refractivity contribution in [1.29, 1.82) is 0 Å². The van der Waals surface area contributed by atoms with Gasteiger partial charge in [-0.25, -0.2) is 4.98 Å². The van der Waals surface area contributed by atoms with Crippen LogP contribution in [0.4, 0.5) is 17.5 Å². The van der Waals surface area contributed by atoms with Crippen molar-refractivity contribution in [3.8, 4) is 5.75 Å². The highest BCUT2D eigenvalue weighted by atomic mass is 35.5. The predicted molar refractivity (Wildman–Crippen MR) is 85.6 cm³/mol. The summed E-state index contributed by atoms with van der Waals surface area (Å²) < 4.78 is 5.69. The van der Waals surface area contributed by atoms with Crippen molar-refractivity contribution in [2.45, 2.75) is 18.9 Å². The molecule has 1 aromatic carbocycles. The van der Waals surface area contributed by atoms with Crippen LogP contribution in [0.3, 0.4) is 0 Å². The molecule has 0 saturated heterocycles. The van der Waals surface area contributed by atoms with Crippen LogP contribution in [0, 0.1) is 10.1 Å². The van der Waals surface area contributed by atoms with Crippen molar-refractivity contribution < 1.29 is 9.66 Å². The van der Waals surface area contributed by atoms with Crippen LogP contribution >= 0.6 is 11.6 Å². The molecule has 0 aliphatic carbocycles. The van der Waals surface area contributed by atoms with Gasteiger partial charge >= 0.3 is 5.69 Å². The van der Waals surface area contributed by atoms with Crippen molar-refractivity contribution >= 4 is 29.1 Å². The second kappa shape index (κ2) is 6.25. The lowest BCUT2D eigenvalue weighted by molar-refractivity contribution is -0.384. The summed E-state index contributed by atoms with van der Waals surface area (Å²) in [6, 6.07) is 5.41. The Hall–Kier alpha value is -2.61. The first kappa shape index (κ1) is 15.3. The van der Waals surface area contributed by atoms with Gasteiger partial charge in [-0.15, -0.1) is 0 Å². The first-order valence-corrected chi connectivity index (χ1v) is 7.38. The third kappa shape index (κ3) is 3.11. The summed E-state index contributed by atoms with van der Waals surface area (Å²) in [5, 5.41) is 14.5. The topological polar surface area (TPSA) is 116 Å². The zero-order chi connectivity index (χ0) is 16.4. The van der Waals surface area contributed by atoms with Crippen LogP contribution in [0.1, 0.15) is 24.4 Å². The number of nitrogens with one attached hydrogen (secondary N) is 1. The summed E-state index contributed by atoms with van der Waals surface area (Å²) in [6.45, 7) is 0.568. The highest BCUT2D eigenvalue weighted by Gasteiger charge is 2.23. The molecule has 0 radical (unpaired) electrons. The van der Waals surface area contributed by atoms with Crippen LogP contribution < -0.4 is 15.8 Å². The number of nitrogens with zero attached hydrogens (tertiary/aromatic N) is 3. The molecule has 23 heavy (non-hydrogen) atoms. The van der Waals surface area contributed by atoms with Crippen LogP contribution in [0.15, 0.2) is 24.4 Å². The van der Waals surface area contributed by atoms with E-state index in [4.69, 9.17) is 22.1 Å². The average molecular weight is 336 g/mol. The number of benzene rings is 1. The number of halogens is 1. The summed E-state index contributed by atoms with van der Waals surface area (Å²) in [5.41, 5.74) is 6.18. The normalized spacial score (nSPS) is 16.8. The van der Waals surface area contributed by atoms with Gasteiger partial charge in [0, 0.05) is 5.56 Å². The molecule has 3 rings (SSSR count). The van der Waals surface area contributed by atoms with E-state index in [1.165, 1.54) is 0 Å². The van der Waals surface area contributed by atoms with Crippen molar-refractivity contribution in [2.75, 3.05) is 17.7 Å². The van der Waals surface area contributed by atoms with Gasteiger partial charge < -0.3 is 15.8 Å². The molecule has 0 amide bonds. The van der Waals surface area contributed by atoms with Gasteiger partial charge in [-0.1, -0.05) is 23.7 Å². The summed E-state index contributed by atoms with van der Waals surface area (Å²) in [5.74, 6) is 0.689. The van der Waals surface area contributed by atoms with E-state index in [0.29, 0.717) is 17.4 Å². The Morgan fingerprint density at radius 2 is 2.30 bits per heavy atom. The van der Waals surface area contributed by atoms with Gasteiger partial charge in [-0.3, -0.25) is 10.1 Å². The van der Waals surface area contributed by atoms with Crippen molar-refractivity contribution in [1.82, 2.24) is 9.97 Å². The third-order valence-corrected chi connectivity index (χ3v) is 3.85. The predicted octanol–water partition coefficient (Wildman–Crippen LogP) is 2.95. The molecule has 0 bridgehead atoms. The minimum absolute atomic E-state index is 0.118. The van der Waals surface area contributed by atoms with E-state index in [1.54, 1.807) is 6.07 Å². The van der Waals surface area contributed by atoms with Crippen molar-refractivity contribution in [3.05, 3.63) is 45.1 Å². The third-order valence-electron chi connectivity index (χ3n) is 3.55. The number of hydrogen-bond acceptors (Lipinski definition) is 7. The molecule has 8 nitrogen and oxygen atoms in total. The molecule has 1 aliphatic heterocycles. The van der Waals surface area contributed by atoms with Crippen LogP contribution in [-0.2, 0) is 0 Å². The van der Waals surface area contributed by atoms with Crippen molar-refractivity contribution in [3.63, 3.8) is 0 Å². The quantitative estimate of drug-likeness (QED) is 0.654. The van der Waals surface area contributed by atoms with E-state index in [-0.39, 0.29) is 23.5 Å². The smallest absolute Gasteiger partial charge is 0.329 e. The van der Waals surface area contributed by atoms with Gasteiger partial charge in [-0.05, 0) is 18.9 Å². The van der Waals surface area contributed by atoms with Gasteiger partial charge in [0.2, 0.25) is 11.8 Å². The number of nitro groups is 1. The van der Waals surface area contributed by atoms with Crippen LogP contribution in [0.2, 0.25) is 5.02 Å². The standard InChI is InChI=1S/C14H14ClN5O3/c15-9-4-1-3-8-10(5-2-6-23-12(8)9)18-14-17-7-11(20(21)22)13(16)19-14/h1,3-4,7,10H,2,5-6H2,(H3,16,17,18,19). The van der Waals surface area contributed by atoms with Crippen LogP contribution in [-0.4, -0.2) is 21.5 Å². The Balaban J connectivity index is 1.90. The molecule has 9 heteroatoms. The van der Waals surface area contributed by atoms with Crippen molar-refractivity contribution in [2.24, 2.45) is 0 Å². The Morgan fingerprint density at radius 1 is 1.48 bits per heavy atom. The zero-order valence-electron chi connectivity index (χ0n) is 12.0. The van der Waals surface area contributed by atoms with Gasteiger partial charge in [0.25, 0.3) is 0 Å². The monoisotopic (exact) mass is 335 g/mol. The molecular formula is C14H14ClN5O3. The molecule has 2 aromatic rings. The minimum atomic E-state index is -0.617. The zero-order valence-corrected chi connectivity index (χ0v) is 12.8. The number of aromatic nitrogens is 2. The van der Waals surface area contributed by atoms with Gasteiger partial charge in [0.15, 0.2) is 0 Å². The van der Waals surface area contributed by atoms with Crippen LogP contribution in [0.25, 0.3) is 0 Å². The molecule has 120 valence electrons. The lowest BCUT2D eigenvalue weighted by Crippen LogP contribution is -2.13. The molecule has 3 N–H and O–H groups in total. The first-order valence-electron chi connectivity index (χ1n) is 7.01. The first-order chi connectivity index (χ1) is 11.1. The van der Waals surface area contributed by atoms with Gasteiger partial charge in [0.1, 0.15) is 11.9 Å². The average Bonchev–Trinajstić information content (AvgIpc) is 2.71.